The van der Waals surface area contributed by atoms with Gasteiger partial charge in [-0.05, 0) is 18.2 Å². The first-order valence-corrected chi connectivity index (χ1v) is 4.50. The van der Waals surface area contributed by atoms with E-state index < -0.39 is 5.91 Å². The van der Waals surface area contributed by atoms with Gasteiger partial charge in [0.1, 0.15) is 0 Å². The summed E-state index contributed by atoms with van der Waals surface area (Å²) < 4.78 is 0. The second kappa shape index (κ2) is 4.77. The van der Waals surface area contributed by atoms with Crippen LogP contribution in [0.3, 0.4) is 0 Å². The number of carbonyl (C=O) groups is 2. The van der Waals surface area contributed by atoms with Gasteiger partial charge in [0.2, 0.25) is 5.91 Å². The number of benzene rings is 1. The summed E-state index contributed by atoms with van der Waals surface area (Å²) in [7, 11) is 0. The highest BCUT2D eigenvalue weighted by atomic mass is 35.5. The Kier molecular flexibility index (Phi) is 3.65. The van der Waals surface area contributed by atoms with Crippen LogP contribution in [0.5, 0.6) is 0 Å². The molecule has 80 valence electrons. The van der Waals surface area contributed by atoms with Crippen molar-refractivity contribution in [3.63, 3.8) is 0 Å². The van der Waals surface area contributed by atoms with Gasteiger partial charge in [0.05, 0.1) is 11.3 Å². The molecule has 1 aromatic rings. The van der Waals surface area contributed by atoms with Gasteiger partial charge in [-0.15, -0.1) is 0 Å². The molecule has 0 unspecified atom stereocenters. The highest BCUT2D eigenvalue weighted by Gasteiger charge is 2.11. The van der Waals surface area contributed by atoms with Gasteiger partial charge in [0.15, 0.2) is 0 Å². The van der Waals surface area contributed by atoms with Crippen LogP contribution in [0.1, 0.15) is 17.3 Å². The lowest BCUT2D eigenvalue weighted by atomic mass is 10.1. The summed E-state index contributed by atoms with van der Waals surface area (Å²) in [6.45, 7) is 1.35. The van der Waals surface area contributed by atoms with E-state index in [1.165, 1.54) is 19.1 Å². The van der Waals surface area contributed by atoms with E-state index in [4.69, 9.17) is 17.4 Å². The van der Waals surface area contributed by atoms with Crippen molar-refractivity contribution in [3.05, 3.63) is 28.8 Å². The first-order chi connectivity index (χ1) is 7.04. The van der Waals surface area contributed by atoms with Gasteiger partial charge in [-0.2, -0.15) is 0 Å². The standard InChI is InChI=1S/C9H10ClN3O2/c1-5(14)12-8-3-2-6(10)4-7(8)9(15)13-11/h2-4H,11H2,1H3,(H,12,14)(H,13,15). The maximum atomic E-state index is 11.3. The van der Waals surface area contributed by atoms with Crippen LogP contribution in [0.2, 0.25) is 5.02 Å². The average molecular weight is 228 g/mol. The minimum absolute atomic E-state index is 0.222. The number of hydrogen-bond donors (Lipinski definition) is 3. The zero-order valence-corrected chi connectivity index (χ0v) is 8.76. The maximum absolute atomic E-state index is 11.3. The molecule has 0 fully saturated rings. The highest BCUT2D eigenvalue weighted by Crippen LogP contribution is 2.20. The first kappa shape index (κ1) is 11.5. The fourth-order valence-corrected chi connectivity index (χ4v) is 1.25. The molecule has 6 heteroatoms. The summed E-state index contributed by atoms with van der Waals surface area (Å²) in [4.78, 5) is 22.2. The molecule has 5 nitrogen and oxygen atoms in total. The summed E-state index contributed by atoms with van der Waals surface area (Å²) in [5.41, 5.74) is 2.57. The monoisotopic (exact) mass is 227 g/mol. The second-order valence-corrected chi connectivity index (χ2v) is 3.28. The van der Waals surface area contributed by atoms with Crippen LogP contribution < -0.4 is 16.6 Å². The fourth-order valence-electron chi connectivity index (χ4n) is 1.08. The zero-order valence-electron chi connectivity index (χ0n) is 8.00. The van der Waals surface area contributed by atoms with Crippen molar-refractivity contribution >= 4 is 29.1 Å². The maximum Gasteiger partial charge on any atom is 0.267 e. The van der Waals surface area contributed by atoms with Gasteiger partial charge in [0.25, 0.3) is 5.91 Å². The second-order valence-electron chi connectivity index (χ2n) is 2.84. The minimum Gasteiger partial charge on any atom is -0.326 e. The molecule has 15 heavy (non-hydrogen) atoms. The Morgan fingerprint density at radius 3 is 2.60 bits per heavy atom. The van der Waals surface area contributed by atoms with E-state index in [1.807, 2.05) is 5.43 Å². The third-order valence-electron chi connectivity index (χ3n) is 1.67. The molecular weight excluding hydrogens is 218 g/mol. The number of hydrogen-bond acceptors (Lipinski definition) is 3. The summed E-state index contributed by atoms with van der Waals surface area (Å²) in [6.07, 6.45) is 0. The van der Waals surface area contributed by atoms with Crippen LogP contribution >= 0.6 is 11.6 Å². The molecule has 0 aliphatic rings. The Hall–Kier alpha value is -1.59. The molecule has 0 saturated carbocycles. The number of carbonyl (C=O) groups excluding carboxylic acids is 2. The van der Waals surface area contributed by atoms with E-state index in [-0.39, 0.29) is 11.5 Å². The van der Waals surface area contributed by atoms with Gasteiger partial charge < -0.3 is 5.32 Å². The van der Waals surface area contributed by atoms with Crippen molar-refractivity contribution < 1.29 is 9.59 Å². The lowest BCUT2D eigenvalue weighted by Gasteiger charge is -2.08. The van der Waals surface area contributed by atoms with Crippen LogP contribution in [0, 0.1) is 0 Å². The molecule has 0 aliphatic heterocycles. The Morgan fingerprint density at radius 1 is 1.40 bits per heavy atom. The number of hydrazine groups is 1. The van der Waals surface area contributed by atoms with Crippen molar-refractivity contribution in [2.75, 3.05) is 5.32 Å². The molecule has 0 saturated heterocycles. The highest BCUT2D eigenvalue weighted by molar-refractivity contribution is 6.31. The van der Waals surface area contributed by atoms with Gasteiger partial charge in [0, 0.05) is 11.9 Å². The Labute approximate surface area is 91.6 Å². The number of rotatable bonds is 2. The molecule has 0 bridgehead atoms. The van der Waals surface area contributed by atoms with Crippen molar-refractivity contribution in [3.8, 4) is 0 Å². The molecule has 4 N–H and O–H groups in total. The van der Waals surface area contributed by atoms with E-state index in [0.29, 0.717) is 10.7 Å². The number of nitrogen functional groups attached to an aromatic ring is 1. The van der Waals surface area contributed by atoms with E-state index in [0.717, 1.165) is 0 Å². The predicted octanol–water partition coefficient (Wildman–Crippen LogP) is 0.902. The predicted molar refractivity (Wildman–Crippen MR) is 57.4 cm³/mol. The molecular formula is C9H10ClN3O2. The Balaban J connectivity index is 3.14. The van der Waals surface area contributed by atoms with E-state index in [2.05, 4.69) is 5.32 Å². The summed E-state index contributed by atoms with van der Waals surface area (Å²) in [6, 6.07) is 4.53. The number of nitrogens with two attached hydrogens (primary N) is 1. The molecule has 0 aromatic heterocycles. The Morgan fingerprint density at radius 2 is 2.07 bits per heavy atom. The van der Waals surface area contributed by atoms with Crippen LogP contribution in [0.15, 0.2) is 18.2 Å². The quantitative estimate of drug-likeness (QED) is 0.399. The van der Waals surface area contributed by atoms with Crippen molar-refractivity contribution in [1.82, 2.24) is 5.43 Å². The first-order valence-electron chi connectivity index (χ1n) is 4.12. The molecule has 1 aromatic carbocycles. The summed E-state index contributed by atoms with van der Waals surface area (Å²) in [5.74, 6) is 4.21. The largest absolute Gasteiger partial charge is 0.326 e. The third-order valence-corrected chi connectivity index (χ3v) is 1.90. The normalized spacial score (nSPS) is 9.53. The van der Waals surface area contributed by atoms with Crippen LogP contribution in [0.25, 0.3) is 0 Å². The van der Waals surface area contributed by atoms with Crippen molar-refractivity contribution in [2.24, 2.45) is 5.84 Å². The summed E-state index contributed by atoms with van der Waals surface area (Å²) in [5, 5.41) is 2.89. The van der Waals surface area contributed by atoms with Crippen molar-refractivity contribution in [2.45, 2.75) is 6.92 Å². The van der Waals surface area contributed by atoms with Crippen molar-refractivity contribution in [1.29, 1.82) is 0 Å². The minimum atomic E-state index is -0.513. The zero-order chi connectivity index (χ0) is 11.4. The average Bonchev–Trinajstić information content (AvgIpc) is 2.19. The molecule has 0 radical (unpaired) electrons. The molecule has 0 heterocycles. The molecule has 0 atom stereocenters. The topological polar surface area (TPSA) is 84.2 Å². The van der Waals surface area contributed by atoms with Crippen LogP contribution in [-0.2, 0) is 4.79 Å². The fraction of sp³-hybridized carbons (Fsp3) is 0.111. The van der Waals surface area contributed by atoms with Gasteiger partial charge in [-0.1, -0.05) is 11.6 Å². The van der Waals surface area contributed by atoms with Gasteiger partial charge in [-0.25, -0.2) is 5.84 Å². The van der Waals surface area contributed by atoms with Crippen LogP contribution in [-0.4, -0.2) is 11.8 Å². The van der Waals surface area contributed by atoms with Gasteiger partial charge in [-0.3, -0.25) is 15.0 Å². The van der Waals surface area contributed by atoms with E-state index in [1.54, 1.807) is 6.07 Å². The number of anilines is 1. The van der Waals surface area contributed by atoms with E-state index >= 15 is 0 Å². The smallest absolute Gasteiger partial charge is 0.267 e. The molecule has 0 spiro atoms. The van der Waals surface area contributed by atoms with Crippen LogP contribution in [0.4, 0.5) is 5.69 Å². The number of amides is 2. The van der Waals surface area contributed by atoms with E-state index in [9.17, 15) is 9.59 Å². The lowest BCUT2D eigenvalue weighted by molar-refractivity contribution is -0.114. The summed E-state index contributed by atoms with van der Waals surface area (Å²) >= 11 is 5.72. The number of halogens is 1. The lowest BCUT2D eigenvalue weighted by Crippen LogP contribution is -2.30. The SMILES string of the molecule is CC(=O)Nc1ccc(Cl)cc1C(=O)NN. The number of nitrogens with one attached hydrogen (secondary N) is 2. The third kappa shape index (κ3) is 2.93. The molecule has 0 aliphatic carbocycles. The van der Waals surface area contributed by atoms with Gasteiger partial charge >= 0.3 is 0 Å². The molecule has 1 rings (SSSR count). The molecule has 2 amide bonds. The Bertz CT molecular complexity index is 406.